The SMILES string of the molecule is O=CC1CNC(=O)C(N2Cc3c(Br)cccc3C2=O)C1. The van der Waals surface area contributed by atoms with Crippen LogP contribution in [0.5, 0.6) is 0 Å². The molecule has 0 bridgehead atoms. The van der Waals surface area contributed by atoms with Gasteiger partial charge >= 0.3 is 0 Å². The van der Waals surface area contributed by atoms with Crippen molar-refractivity contribution in [2.45, 2.75) is 19.0 Å². The average Bonchev–Trinajstić information content (AvgIpc) is 2.79. The summed E-state index contributed by atoms with van der Waals surface area (Å²) in [5, 5.41) is 2.70. The quantitative estimate of drug-likeness (QED) is 0.822. The number of rotatable bonds is 2. The summed E-state index contributed by atoms with van der Waals surface area (Å²) >= 11 is 3.43. The lowest BCUT2D eigenvalue weighted by atomic mass is 9.95. The van der Waals surface area contributed by atoms with Crippen LogP contribution in [0.15, 0.2) is 22.7 Å². The highest BCUT2D eigenvalue weighted by Crippen LogP contribution is 2.32. The molecule has 20 heavy (non-hydrogen) atoms. The van der Waals surface area contributed by atoms with Crippen molar-refractivity contribution in [1.29, 1.82) is 0 Å². The molecule has 0 aromatic heterocycles. The van der Waals surface area contributed by atoms with Crippen molar-refractivity contribution in [2.24, 2.45) is 5.92 Å². The smallest absolute Gasteiger partial charge is 0.255 e. The highest BCUT2D eigenvalue weighted by atomic mass is 79.9. The summed E-state index contributed by atoms with van der Waals surface area (Å²) in [6, 6.07) is 4.88. The van der Waals surface area contributed by atoms with Gasteiger partial charge in [-0.25, -0.2) is 0 Å². The van der Waals surface area contributed by atoms with Crippen LogP contribution in [-0.4, -0.2) is 35.6 Å². The van der Waals surface area contributed by atoms with Crippen molar-refractivity contribution < 1.29 is 14.4 Å². The first kappa shape index (κ1) is 13.3. The van der Waals surface area contributed by atoms with E-state index >= 15 is 0 Å². The molecular weight excluding hydrogens is 324 g/mol. The number of aldehydes is 1. The van der Waals surface area contributed by atoms with Crippen LogP contribution in [0.4, 0.5) is 0 Å². The molecule has 2 heterocycles. The second-order valence-electron chi connectivity index (χ2n) is 5.09. The molecule has 0 saturated carbocycles. The van der Waals surface area contributed by atoms with E-state index < -0.39 is 6.04 Å². The van der Waals surface area contributed by atoms with Crippen LogP contribution in [0, 0.1) is 5.92 Å². The van der Waals surface area contributed by atoms with Gasteiger partial charge in [-0.3, -0.25) is 9.59 Å². The number of benzene rings is 1. The predicted molar refractivity (Wildman–Crippen MR) is 75.0 cm³/mol. The Hall–Kier alpha value is -1.69. The predicted octanol–water partition coefficient (Wildman–Crippen LogP) is 1.11. The van der Waals surface area contributed by atoms with E-state index in [0.717, 1.165) is 16.3 Å². The number of nitrogens with one attached hydrogen (secondary N) is 1. The van der Waals surface area contributed by atoms with Gasteiger partial charge in [0.15, 0.2) is 0 Å². The highest BCUT2D eigenvalue weighted by molar-refractivity contribution is 9.10. The lowest BCUT2D eigenvalue weighted by Gasteiger charge is -2.32. The Morgan fingerprint density at radius 3 is 2.85 bits per heavy atom. The Morgan fingerprint density at radius 2 is 2.15 bits per heavy atom. The van der Waals surface area contributed by atoms with E-state index in [4.69, 9.17) is 0 Å². The Labute approximate surface area is 124 Å². The molecule has 0 spiro atoms. The zero-order valence-electron chi connectivity index (χ0n) is 10.6. The van der Waals surface area contributed by atoms with E-state index in [1.54, 1.807) is 17.0 Å². The third-order valence-corrected chi connectivity index (χ3v) is 4.62. The molecule has 2 atom stereocenters. The number of carbonyl (C=O) groups is 3. The largest absolute Gasteiger partial charge is 0.354 e. The molecule has 1 N–H and O–H groups in total. The number of piperidine rings is 1. The molecule has 5 nitrogen and oxygen atoms in total. The molecule has 2 unspecified atom stereocenters. The minimum atomic E-state index is -0.564. The zero-order valence-corrected chi connectivity index (χ0v) is 12.2. The zero-order chi connectivity index (χ0) is 14.3. The molecule has 1 fully saturated rings. The van der Waals surface area contributed by atoms with Gasteiger partial charge in [-0.1, -0.05) is 22.0 Å². The van der Waals surface area contributed by atoms with Gasteiger partial charge in [0.2, 0.25) is 5.91 Å². The normalized spacial score (nSPS) is 25.4. The molecule has 1 aromatic carbocycles. The topological polar surface area (TPSA) is 66.5 Å². The van der Waals surface area contributed by atoms with Crippen LogP contribution in [0.1, 0.15) is 22.3 Å². The van der Waals surface area contributed by atoms with Crippen LogP contribution < -0.4 is 5.32 Å². The highest BCUT2D eigenvalue weighted by Gasteiger charge is 2.40. The van der Waals surface area contributed by atoms with Crippen LogP contribution in [0.2, 0.25) is 0 Å². The Bertz CT molecular complexity index is 602. The van der Waals surface area contributed by atoms with Crippen molar-refractivity contribution in [3.8, 4) is 0 Å². The van der Waals surface area contributed by atoms with Gasteiger partial charge in [0.05, 0.1) is 0 Å². The summed E-state index contributed by atoms with van der Waals surface area (Å²) in [6.45, 7) is 0.761. The van der Waals surface area contributed by atoms with Gasteiger partial charge in [-0.2, -0.15) is 0 Å². The average molecular weight is 337 g/mol. The van der Waals surface area contributed by atoms with Gasteiger partial charge in [0, 0.05) is 29.0 Å². The van der Waals surface area contributed by atoms with Crippen LogP contribution in [0.3, 0.4) is 0 Å². The Balaban J connectivity index is 1.89. The van der Waals surface area contributed by atoms with Crippen molar-refractivity contribution in [3.63, 3.8) is 0 Å². The number of carbonyl (C=O) groups excluding carboxylic acids is 3. The molecule has 2 aliphatic heterocycles. The summed E-state index contributed by atoms with van der Waals surface area (Å²) in [6.07, 6.45) is 1.24. The Morgan fingerprint density at radius 1 is 1.35 bits per heavy atom. The first-order valence-electron chi connectivity index (χ1n) is 6.43. The maximum atomic E-state index is 12.4. The third kappa shape index (κ3) is 2.04. The monoisotopic (exact) mass is 336 g/mol. The second-order valence-corrected chi connectivity index (χ2v) is 5.95. The maximum Gasteiger partial charge on any atom is 0.255 e. The third-order valence-electron chi connectivity index (χ3n) is 3.87. The molecule has 0 radical (unpaired) electrons. The summed E-state index contributed by atoms with van der Waals surface area (Å²) in [7, 11) is 0. The van der Waals surface area contributed by atoms with Crippen molar-refractivity contribution in [1.82, 2.24) is 10.2 Å². The van der Waals surface area contributed by atoms with Crippen molar-refractivity contribution in [3.05, 3.63) is 33.8 Å². The number of fused-ring (bicyclic) bond motifs is 1. The van der Waals surface area contributed by atoms with E-state index in [-0.39, 0.29) is 17.7 Å². The number of hydrogen-bond donors (Lipinski definition) is 1. The standard InChI is InChI=1S/C14H13BrN2O3/c15-11-3-1-2-9-10(11)6-17(14(9)20)12-4-8(7-18)5-16-13(12)19/h1-3,7-8,12H,4-6H2,(H,16,19). The van der Waals surface area contributed by atoms with E-state index in [1.807, 2.05) is 6.07 Å². The van der Waals surface area contributed by atoms with Crippen molar-refractivity contribution in [2.75, 3.05) is 6.54 Å². The first-order chi connectivity index (χ1) is 9.61. The lowest BCUT2D eigenvalue weighted by Crippen LogP contribution is -2.53. The summed E-state index contributed by atoms with van der Waals surface area (Å²) in [5.74, 6) is -0.550. The van der Waals surface area contributed by atoms with Gasteiger partial charge in [-0.05, 0) is 24.1 Å². The molecule has 2 amide bonds. The van der Waals surface area contributed by atoms with E-state index in [2.05, 4.69) is 21.2 Å². The minimum absolute atomic E-state index is 0.145. The van der Waals surface area contributed by atoms with Crippen molar-refractivity contribution >= 4 is 34.0 Å². The van der Waals surface area contributed by atoms with E-state index in [9.17, 15) is 14.4 Å². The van der Waals surface area contributed by atoms with Gasteiger partial charge in [0.1, 0.15) is 12.3 Å². The first-order valence-corrected chi connectivity index (χ1v) is 7.22. The molecule has 3 rings (SSSR count). The molecule has 6 heteroatoms. The van der Waals surface area contributed by atoms with E-state index in [0.29, 0.717) is 25.1 Å². The fraction of sp³-hybridized carbons (Fsp3) is 0.357. The summed E-state index contributed by atoms with van der Waals surface area (Å²) in [5.41, 5.74) is 1.53. The number of amides is 2. The van der Waals surface area contributed by atoms with Gasteiger partial charge in [0.25, 0.3) is 5.91 Å². The van der Waals surface area contributed by atoms with Gasteiger partial charge < -0.3 is 15.0 Å². The molecule has 0 aliphatic carbocycles. The molecular formula is C14H13BrN2O3. The number of halogens is 1. The molecule has 1 aromatic rings. The molecule has 1 saturated heterocycles. The fourth-order valence-electron chi connectivity index (χ4n) is 2.77. The Kier molecular flexibility index (Phi) is 3.33. The van der Waals surface area contributed by atoms with Crippen LogP contribution in [-0.2, 0) is 16.1 Å². The van der Waals surface area contributed by atoms with Crippen LogP contribution >= 0.6 is 15.9 Å². The lowest BCUT2D eigenvalue weighted by molar-refractivity contribution is -0.129. The summed E-state index contributed by atoms with van der Waals surface area (Å²) in [4.78, 5) is 36.9. The fourth-order valence-corrected chi connectivity index (χ4v) is 3.26. The maximum absolute atomic E-state index is 12.4. The molecule has 2 aliphatic rings. The van der Waals surface area contributed by atoms with E-state index in [1.165, 1.54) is 0 Å². The number of hydrogen-bond acceptors (Lipinski definition) is 3. The minimum Gasteiger partial charge on any atom is -0.354 e. The molecule has 104 valence electrons. The second kappa shape index (κ2) is 5.01. The van der Waals surface area contributed by atoms with Crippen LogP contribution in [0.25, 0.3) is 0 Å². The number of nitrogens with zero attached hydrogens (tertiary/aromatic N) is 1. The summed E-state index contributed by atoms with van der Waals surface area (Å²) < 4.78 is 0.869. The van der Waals surface area contributed by atoms with Gasteiger partial charge in [-0.15, -0.1) is 0 Å².